The highest BCUT2D eigenvalue weighted by atomic mass is 32.2. The van der Waals surface area contributed by atoms with E-state index in [-0.39, 0.29) is 11.3 Å². The summed E-state index contributed by atoms with van der Waals surface area (Å²) in [7, 11) is 1.60. The number of phenols is 1. The van der Waals surface area contributed by atoms with E-state index in [2.05, 4.69) is 0 Å². The normalized spacial score (nSPS) is 10.1. The molecule has 0 radical (unpaired) electrons. The second-order valence-electron chi connectivity index (χ2n) is 4.05. The first-order chi connectivity index (χ1) is 9.63. The molecule has 3 nitrogen and oxygen atoms in total. The average molecular weight is 289 g/mol. The number of nitrogens with zero attached hydrogens (tertiary/aromatic N) is 1. The first-order valence-corrected chi connectivity index (χ1v) is 6.81. The number of ether oxygens (including phenoxy) is 1. The second kappa shape index (κ2) is 6.31. The van der Waals surface area contributed by atoms with Crippen molar-refractivity contribution in [1.82, 2.24) is 0 Å². The fourth-order valence-electron chi connectivity index (χ4n) is 1.63. The SMILES string of the molecule is COc1ccc(CSc2cc(C#N)c(F)cc2O)cc1. The number of thioether (sulfide) groups is 1. The molecule has 102 valence electrons. The van der Waals surface area contributed by atoms with Crippen LogP contribution in [-0.2, 0) is 5.75 Å². The molecule has 0 amide bonds. The number of phenolic OH excluding ortho intramolecular Hbond substituents is 1. The van der Waals surface area contributed by atoms with Crippen LogP contribution in [0.3, 0.4) is 0 Å². The topological polar surface area (TPSA) is 53.2 Å². The third-order valence-electron chi connectivity index (χ3n) is 2.72. The number of aromatic hydroxyl groups is 1. The zero-order chi connectivity index (χ0) is 14.5. The number of rotatable bonds is 4. The predicted molar refractivity (Wildman–Crippen MR) is 75.3 cm³/mol. The maximum Gasteiger partial charge on any atom is 0.144 e. The molecule has 0 bridgehead atoms. The van der Waals surface area contributed by atoms with E-state index in [4.69, 9.17) is 10.00 Å². The summed E-state index contributed by atoms with van der Waals surface area (Å²) in [4.78, 5) is 0.485. The van der Waals surface area contributed by atoms with E-state index in [1.165, 1.54) is 17.8 Å². The number of methoxy groups -OCH3 is 1. The molecule has 2 rings (SSSR count). The lowest BCUT2D eigenvalue weighted by Crippen LogP contribution is -1.87. The minimum atomic E-state index is -0.709. The first-order valence-electron chi connectivity index (χ1n) is 5.82. The first kappa shape index (κ1) is 14.2. The van der Waals surface area contributed by atoms with Crippen LogP contribution in [0, 0.1) is 17.1 Å². The smallest absolute Gasteiger partial charge is 0.144 e. The Morgan fingerprint density at radius 2 is 2.00 bits per heavy atom. The van der Waals surface area contributed by atoms with Crippen molar-refractivity contribution in [2.75, 3.05) is 7.11 Å². The van der Waals surface area contributed by atoms with Crippen LogP contribution in [0.25, 0.3) is 0 Å². The van der Waals surface area contributed by atoms with E-state index >= 15 is 0 Å². The maximum atomic E-state index is 13.3. The van der Waals surface area contributed by atoms with Gasteiger partial charge in [-0.2, -0.15) is 5.26 Å². The molecule has 1 N–H and O–H groups in total. The molecule has 0 aromatic heterocycles. The Balaban J connectivity index is 2.12. The van der Waals surface area contributed by atoms with Crippen LogP contribution >= 0.6 is 11.8 Å². The van der Waals surface area contributed by atoms with E-state index in [9.17, 15) is 9.50 Å². The van der Waals surface area contributed by atoms with Crippen molar-refractivity contribution < 1.29 is 14.2 Å². The van der Waals surface area contributed by atoms with E-state index in [1.807, 2.05) is 24.3 Å². The highest BCUT2D eigenvalue weighted by Crippen LogP contribution is 2.33. The minimum Gasteiger partial charge on any atom is -0.507 e. The molecule has 0 aliphatic rings. The molecule has 0 saturated heterocycles. The van der Waals surface area contributed by atoms with E-state index in [1.54, 1.807) is 13.2 Å². The summed E-state index contributed by atoms with van der Waals surface area (Å²) in [5.41, 5.74) is 0.970. The quantitative estimate of drug-likeness (QED) is 0.872. The molecular weight excluding hydrogens is 277 g/mol. The lowest BCUT2D eigenvalue weighted by molar-refractivity contribution is 0.414. The van der Waals surface area contributed by atoms with Gasteiger partial charge in [0.05, 0.1) is 17.6 Å². The lowest BCUT2D eigenvalue weighted by Gasteiger charge is -2.06. The highest BCUT2D eigenvalue weighted by molar-refractivity contribution is 7.98. The zero-order valence-corrected chi connectivity index (χ0v) is 11.6. The summed E-state index contributed by atoms with van der Waals surface area (Å²) < 4.78 is 18.3. The van der Waals surface area contributed by atoms with Gasteiger partial charge in [0.2, 0.25) is 0 Å². The standard InChI is InChI=1S/C15H12FNO2S/c1-19-12-4-2-10(3-5-12)9-20-15-6-11(8-17)13(16)7-14(15)18/h2-7,18H,9H2,1H3. The van der Waals surface area contributed by atoms with E-state index in [0.29, 0.717) is 10.6 Å². The maximum absolute atomic E-state index is 13.3. The lowest BCUT2D eigenvalue weighted by atomic mass is 10.2. The molecule has 0 aliphatic carbocycles. The number of nitriles is 1. The van der Waals surface area contributed by atoms with Gasteiger partial charge in [-0.25, -0.2) is 4.39 Å². The Kier molecular flexibility index (Phi) is 4.49. The molecule has 5 heteroatoms. The van der Waals surface area contributed by atoms with Gasteiger partial charge in [0.15, 0.2) is 0 Å². The molecule has 2 aromatic rings. The van der Waals surface area contributed by atoms with Crippen molar-refractivity contribution in [2.24, 2.45) is 0 Å². The average Bonchev–Trinajstić information content (AvgIpc) is 2.47. The van der Waals surface area contributed by atoms with Gasteiger partial charge in [-0.1, -0.05) is 12.1 Å². The van der Waals surface area contributed by atoms with Crippen molar-refractivity contribution in [2.45, 2.75) is 10.6 Å². The third-order valence-corrected chi connectivity index (χ3v) is 3.84. The molecule has 0 atom stereocenters. The largest absolute Gasteiger partial charge is 0.507 e. The molecule has 2 aromatic carbocycles. The van der Waals surface area contributed by atoms with Crippen LogP contribution in [0.15, 0.2) is 41.3 Å². The summed E-state index contributed by atoms with van der Waals surface area (Å²) in [5.74, 6) is 0.516. The molecule has 0 heterocycles. The molecule has 0 spiro atoms. The highest BCUT2D eigenvalue weighted by Gasteiger charge is 2.09. The monoisotopic (exact) mass is 289 g/mol. The van der Waals surface area contributed by atoms with Gasteiger partial charge in [0.25, 0.3) is 0 Å². The van der Waals surface area contributed by atoms with Crippen molar-refractivity contribution in [3.05, 3.63) is 53.3 Å². The third kappa shape index (κ3) is 3.22. The summed E-state index contributed by atoms with van der Waals surface area (Å²) in [6.07, 6.45) is 0. The van der Waals surface area contributed by atoms with Gasteiger partial charge in [0.1, 0.15) is 23.4 Å². The Labute approximate surface area is 120 Å². The van der Waals surface area contributed by atoms with Crippen molar-refractivity contribution in [3.63, 3.8) is 0 Å². The summed E-state index contributed by atoms with van der Waals surface area (Å²) in [6.45, 7) is 0. The van der Waals surface area contributed by atoms with Crippen LogP contribution in [0.1, 0.15) is 11.1 Å². The van der Waals surface area contributed by atoms with Gasteiger partial charge < -0.3 is 9.84 Å². The Bertz CT molecular complexity index is 650. The fraction of sp³-hybridized carbons (Fsp3) is 0.133. The van der Waals surface area contributed by atoms with Gasteiger partial charge in [-0.3, -0.25) is 0 Å². The van der Waals surface area contributed by atoms with Crippen molar-refractivity contribution in [1.29, 1.82) is 5.26 Å². The summed E-state index contributed by atoms with van der Waals surface area (Å²) >= 11 is 1.34. The molecule has 0 unspecified atom stereocenters. The molecule has 20 heavy (non-hydrogen) atoms. The second-order valence-corrected chi connectivity index (χ2v) is 5.07. The summed E-state index contributed by atoms with van der Waals surface area (Å²) in [5, 5.41) is 18.5. The molecule has 0 aliphatic heterocycles. The number of hydrogen-bond donors (Lipinski definition) is 1. The predicted octanol–water partition coefficient (Wildman–Crippen LogP) is 3.70. The van der Waals surface area contributed by atoms with Crippen LogP contribution in [0.4, 0.5) is 4.39 Å². The molecular formula is C15H12FNO2S. The molecule has 0 saturated carbocycles. The number of halogens is 1. The Hall–Kier alpha value is -2.19. The minimum absolute atomic E-state index is 0.0694. The Morgan fingerprint density at radius 1 is 1.30 bits per heavy atom. The van der Waals surface area contributed by atoms with Gasteiger partial charge in [0, 0.05) is 11.8 Å². The number of hydrogen-bond acceptors (Lipinski definition) is 4. The summed E-state index contributed by atoms with van der Waals surface area (Å²) in [6, 6.07) is 11.6. The number of benzene rings is 2. The van der Waals surface area contributed by atoms with Gasteiger partial charge >= 0.3 is 0 Å². The van der Waals surface area contributed by atoms with Gasteiger partial charge in [-0.05, 0) is 23.8 Å². The van der Waals surface area contributed by atoms with Crippen molar-refractivity contribution >= 4 is 11.8 Å². The van der Waals surface area contributed by atoms with Crippen LogP contribution in [0.5, 0.6) is 11.5 Å². The van der Waals surface area contributed by atoms with Gasteiger partial charge in [-0.15, -0.1) is 11.8 Å². The van der Waals surface area contributed by atoms with Crippen molar-refractivity contribution in [3.8, 4) is 17.6 Å². The van der Waals surface area contributed by atoms with Crippen LogP contribution in [-0.4, -0.2) is 12.2 Å². The molecule has 0 fully saturated rings. The van der Waals surface area contributed by atoms with E-state index in [0.717, 1.165) is 17.4 Å². The Morgan fingerprint density at radius 3 is 2.60 bits per heavy atom. The fourth-order valence-corrected chi connectivity index (χ4v) is 2.55. The van der Waals surface area contributed by atoms with Crippen LogP contribution < -0.4 is 4.74 Å². The van der Waals surface area contributed by atoms with E-state index < -0.39 is 5.82 Å². The van der Waals surface area contributed by atoms with Crippen LogP contribution in [0.2, 0.25) is 0 Å². The zero-order valence-electron chi connectivity index (χ0n) is 10.8.